The Morgan fingerprint density at radius 3 is 2.75 bits per heavy atom. The summed E-state index contributed by atoms with van der Waals surface area (Å²) in [6, 6.07) is 6.06. The Labute approximate surface area is 147 Å². The molecule has 2 rings (SSSR count). The van der Waals surface area contributed by atoms with Gasteiger partial charge < -0.3 is 4.74 Å². The number of hydrogen-bond acceptors (Lipinski definition) is 5. The highest BCUT2D eigenvalue weighted by atomic mass is 32.2. The molecule has 0 fully saturated rings. The summed E-state index contributed by atoms with van der Waals surface area (Å²) in [5.41, 5.74) is 4.98. The first-order valence-electron chi connectivity index (χ1n) is 8.00. The Morgan fingerprint density at radius 2 is 2.08 bits per heavy atom. The summed E-state index contributed by atoms with van der Waals surface area (Å²) in [5, 5.41) is 8.71. The zero-order valence-corrected chi connectivity index (χ0v) is 15.6. The third-order valence-corrected chi connectivity index (χ3v) is 4.27. The fraction of sp³-hybridized carbons (Fsp3) is 0.471. The average molecular weight is 348 g/mol. The Kier molecular flexibility index (Phi) is 6.25. The second-order valence-corrected chi connectivity index (χ2v) is 7.05. The van der Waals surface area contributed by atoms with Crippen molar-refractivity contribution in [3.05, 3.63) is 35.2 Å². The monoisotopic (exact) mass is 348 g/mol. The number of nitrogens with zero attached hydrogens (tertiary/aromatic N) is 3. The van der Waals surface area contributed by atoms with Crippen LogP contribution in [0, 0.1) is 13.8 Å². The van der Waals surface area contributed by atoms with Gasteiger partial charge in [-0.2, -0.15) is 0 Å². The highest BCUT2D eigenvalue weighted by Gasteiger charge is 2.14. The van der Waals surface area contributed by atoms with Gasteiger partial charge in [0.15, 0.2) is 6.61 Å². The molecular weight excluding hydrogens is 324 g/mol. The molecule has 0 aliphatic carbocycles. The topological polar surface area (TPSA) is 69.0 Å². The molecule has 0 bridgehead atoms. The van der Waals surface area contributed by atoms with Gasteiger partial charge in [0.05, 0.1) is 0 Å². The van der Waals surface area contributed by atoms with E-state index in [0.29, 0.717) is 16.9 Å². The zero-order chi connectivity index (χ0) is 17.7. The number of aryl methyl sites for hydroxylation is 2. The predicted octanol–water partition coefficient (Wildman–Crippen LogP) is 3.28. The first-order chi connectivity index (χ1) is 11.4. The number of thioether (sulfide) groups is 1. The maximum atomic E-state index is 12.2. The van der Waals surface area contributed by atoms with Gasteiger partial charge in [0, 0.05) is 0 Å². The smallest absolute Gasteiger partial charge is 0.276 e. The lowest BCUT2D eigenvalue weighted by Crippen LogP contribution is -2.29. The van der Waals surface area contributed by atoms with Crippen molar-refractivity contribution >= 4 is 17.7 Å². The molecule has 0 atom stereocenters. The molecule has 0 unspecified atom stereocenters. The number of rotatable bonds is 7. The van der Waals surface area contributed by atoms with Crippen LogP contribution in [0.1, 0.15) is 43.6 Å². The average Bonchev–Trinajstić information content (AvgIpc) is 2.86. The van der Waals surface area contributed by atoms with E-state index in [9.17, 15) is 4.79 Å². The number of amides is 1. The molecule has 1 heterocycles. The minimum atomic E-state index is -0.243. The summed E-state index contributed by atoms with van der Waals surface area (Å²) in [6.07, 6.45) is 0. The van der Waals surface area contributed by atoms with E-state index in [4.69, 9.17) is 4.74 Å². The first kappa shape index (κ1) is 18.3. The standard InChI is InChI=1S/C17H24N4O2S/c1-6-24-17-19-18-13(5)21(17)20-16(22)10-23-15-9-12(4)7-8-14(15)11(2)3/h7-9,11H,6,10H2,1-5H3,(H,20,22). The molecule has 0 aliphatic heterocycles. The van der Waals surface area contributed by atoms with Crippen molar-refractivity contribution in [1.29, 1.82) is 0 Å². The Hall–Kier alpha value is -2.02. The quantitative estimate of drug-likeness (QED) is 0.778. The van der Waals surface area contributed by atoms with Gasteiger partial charge >= 0.3 is 0 Å². The van der Waals surface area contributed by atoms with Crippen LogP contribution in [0.2, 0.25) is 0 Å². The third-order valence-electron chi connectivity index (χ3n) is 3.45. The molecule has 0 saturated carbocycles. The fourth-order valence-corrected chi connectivity index (χ4v) is 2.90. The summed E-state index contributed by atoms with van der Waals surface area (Å²) in [6.45, 7) is 9.97. The van der Waals surface area contributed by atoms with Crippen LogP contribution in [0.5, 0.6) is 5.75 Å². The van der Waals surface area contributed by atoms with Crippen molar-refractivity contribution in [2.45, 2.75) is 45.7 Å². The Bertz CT molecular complexity index is 713. The third kappa shape index (κ3) is 4.50. The van der Waals surface area contributed by atoms with E-state index in [1.807, 2.05) is 26.0 Å². The summed E-state index contributed by atoms with van der Waals surface area (Å²) in [4.78, 5) is 12.2. The van der Waals surface area contributed by atoms with E-state index in [-0.39, 0.29) is 12.5 Å². The Morgan fingerprint density at radius 1 is 1.33 bits per heavy atom. The molecule has 1 aromatic heterocycles. The molecule has 6 nitrogen and oxygen atoms in total. The number of carbonyl (C=O) groups excluding carboxylic acids is 1. The molecule has 0 radical (unpaired) electrons. The number of hydrogen-bond donors (Lipinski definition) is 1. The molecule has 7 heteroatoms. The molecular formula is C17H24N4O2S. The van der Waals surface area contributed by atoms with E-state index >= 15 is 0 Å². The minimum absolute atomic E-state index is 0.0585. The lowest BCUT2D eigenvalue weighted by molar-refractivity contribution is -0.119. The minimum Gasteiger partial charge on any atom is -0.483 e. The Balaban J connectivity index is 2.04. The fourth-order valence-electron chi connectivity index (χ4n) is 2.24. The number of ether oxygens (including phenoxy) is 1. The maximum absolute atomic E-state index is 12.2. The van der Waals surface area contributed by atoms with Crippen molar-refractivity contribution in [2.75, 3.05) is 17.8 Å². The first-order valence-corrected chi connectivity index (χ1v) is 8.99. The van der Waals surface area contributed by atoms with Crippen LogP contribution >= 0.6 is 11.8 Å². The van der Waals surface area contributed by atoms with Crippen LogP contribution in [0.25, 0.3) is 0 Å². The van der Waals surface area contributed by atoms with Crippen LogP contribution in [0.3, 0.4) is 0 Å². The SMILES string of the molecule is CCSc1nnc(C)n1NC(=O)COc1cc(C)ccc1C(C)C. The highest BCUT2D eigenvalue weighted by molar-refractivity contribution is 7.99. The number of aromatic nitrogens is 3. The van der Waals surface area contributed by atoms with Gasteiger partial charge in [0.25, 0.3) is 5.91 Å². The van der Waals surface area contributed by atoms with Crippen molar-refractivity contribution in [3.8, 4) is 5.75 Å². The second kappa shape index (κ2) is 8.19. The largest absolute Gasteiger partial charge is 0.483 e. The van der Waals surface area contributed by atoms with Gasteiger partial charge in [-0.05, 0) is 42.7 Å². The highest BCUT2D eigenvalue weighted by Crippen LogP contribution is 2.27. The van der Waals surface area contributed by atoms with Crippen LogP contribution < -0.4 is 10.2 Å². The maximum Gasteiger partial charge on any atom is 0.276 e. The van der Waals surface area contributed by atoms with Crippen molar-refractivity contribution in [2.24, 2.45) is 0 Å². The number of nitrogens with one attached hydrogen (secondary N) is 1. The van der Waals surface area contributed by atoms with E-state index < -0.39 is 0 Å². The van der Waals surface area contributed by atoms with Crippen LogP contribution in [-0.4, -0.2) is 33.1 Å². The summed E-state index contributed by atoms with van der Waals surface area (Å²) >= 11 is 1.52. The molecule has 0 aliphatic rings. The van der Waals surface area contributed by atoms with Crippen LogP contribution in [-0.2, 0) is 4.79 Å². The molecule has 1 aromatic carbocycles. The number of carbonyl (C=O) groups is 1. The van der Waals surface area contributed by atoms with E-state index in [1.165, 1.54) is 11.8 Å². The van der Waals surface area contributed by atoms with Gasteiger partial charge in [-0.1, -0.05) is 44.7 Å². The van der Waals surface area contributed by atoms with Crippen LogP contribution in [0.4, 0.5) is 0 Å². The molecule has 0 saturated heterocycles. The molecule has 24 heavy (non-hydrogen) atoms. The van der Waals surface area contributed by atoms with Gasteiger partial charge in [-0.15, -0.1) is 10.2 Å². The number of benzene rings is 1. The van der Waals surface area contributed by atoms with Crippen molar-refractivity contribution < 1.29 is 9.53 Å². The molecule has 1 N–H and O–H groups in total. The lowest BCUT2D eigenvalue weighted by atomic mass is 10.0. The van der Waals surface area contributed by atoms with Crippen molar-refractivity contribution in [3.63, 3.8) is 0 Å². The molecule has 2 aromatic rings. The second-order valence-electron chi connectivity index (χ2n) is 5.82. The van der Waals surface area contributed by atoms with Crippen LogP contribution in [0.15, 0.2) is 23.4 Å². The predicted molar refractivity (Wildman–Crippen MR) is 96.3 cm³/mol. The summed E-state index contributed by atoms with van der Waals surface area (Å²) in [5.74, 6) is 2.33. The lowest BCUT2D eigenvalue weighted by Gasteiger charge is -2.15. The van der Waals surface area contributed by atoms with Crippen molar-refractivity contribution in [1.82, 2.24) is 14.9 Å². The van der Waals surface area contributed by atoms with E-state index in [0.717, 1.165) is 22.6 Å². The van der Waals surface area contributed by atoms with Gasteiger partial charge in [-0.3, -0.25) is 10.2 Å². The van der Waals surface area contributed by atoms with E-state index in [2.05, 4.69) is 35.5 Å². The molecule has 0 spiro atoms. The zero-order valence-electron chi connectivity index (χ0n) is 14.8. The molecule has 1 amide bonds. The normalized spacial score (nSPS) is 10.9. The summed E-state index contributed by atoms with van der Waals surface area (Å²) in [7, 11) is 0. The summed E-state index contributed by atoms with van der Waals surface area (Å²) < 4.78 is 7.35. The van der Waals surface area contributed by atoms with Gasteiger partial charge in [-0.25, -0.2) is 4.68 Å². The van der Waals surface area contributed by atoms with Gasteiger partial charge in [0.2, 0.25) is 5.16 Å². The van der Waals surface area contributed by atoms with E-state index in [1.54, 1.807) is 11.6 Å². The molecule has 130 valence electrons. The van der Waals surface area contributed by atoms with Gasteiger partial charge in [0.1, 0.15) is 11.6 Å².